The normalized spacial score (nSPS) is 43.7. The van der Waals surface area contributed by atoms with Crippen molar-refractivity contribution in [2.24, 2.45) is 0 Å². The molecule has 0 aliphatic carbocycles. The number of aliphatic carboxylic acids is 1. The summed E-state index contributed by atoms with van der Waals surface area (Å²) in [6.07, 6.45) is -28.1. The highest BCUT2D eigenvalue weighted by Gasteiger charge is 2.53. The lowest BCUT2D eigenvalue weighted by Gasteiger charge is -2.48. The molecule has 18 atom stereocenters. The molecule has 0 aromatic heterocycles. The molecule has 4 fully saturated rings. The van der Waals surface area contributed by atoms with Crippen LogP contribution < -0.4 is 5.32 Å². The lowest BCUT2D eigenvalue weighted by atomic mass is 9.96. The van der Waals surface area contributed by atoms with Gasteiger partial charge in [-0.05, 0) is 13.3 Å². The quantitative estimate of drug-likeness (QED) is 0.0610. The lowest BCUT2D eigenvalue weighted by molar-refractivity contribution is -0.374. The van der Waals surface area contributed by atoms with Crippen molar-refractivity contribution < 1.29 is 108 Å². The van der Waals surface area contributed by atoms with Gasteiger partial charge in [0.1, 0.15) is 92.6 Å². The Hall–Kier alpha value is -1.82. The van der Waals surface area contributed by atoms with Crippen molar-refractivity contribution in [1.82, 2.24) is 5.32 Å². The molecule has 53 heavy (non-hydrogen) atoms. The number of hydrogen-bond donors (Lipinski definition) is 12. The third-order valence-corrected chi connectivity index (χ3v) is 9.17. The average Bonchev–Trinajstić information content (AvgIpc) is 3.13. The van der Waals surface area contributed by atoms with Crippen molar-refractivity contribution in [3.8, 4) is 0 Å². The molecular formula is C30H51NO22. The number of aliphatic hydroxyl groups is 10. The Morgan fingerprint density at radius 1 is 0.642 bits per heavy atom. The summed E-state index contributed by atoms with van der Waals surface area (Å²) in [7, 11) is 0. The number of aliphatic hydroxyl groups excluding tert-OH is 10. The Bertz CT molecular complexity index is 1140. The molecule has 0 saturated carbocycles. The Morgan fingerprint density at radius 3 is 1.81 bits per heavy atom. The molecule has 4 aliphatic heterocycles. The van der Waals surface area contributed by atoms with Gasteiger partial charge in [-0.25, -0.2) is 4.79 Å². The maximum atomic E-state index is 12.5. The standard InChI is InChI=1S/C30H51NO22/c1-11-18(37)21(40)23(42)28(48-11)52-26-12(2-3-47-13(26)6-31-16(34)9-45-4-5-46-10-17(35)36)49-30-25(44)27(20(39)15(8-33)51-30)53-29-24(43)22(41)19(38)14(7-32)50-29/h11-15,18-30,32-33,37-44H,2-10H2,1H3,(H,31,34)(H,35,36). The van der Waals surface area contributed by atoms with Crippen molar-refractivity contribution in [2.45, 2.75) is 124 Å². The highest BCUT2D eigenvalue weighted by molar-refractivity contribution is 5.77. The number of carbonyl (C=O) groups excluding carboxylic acids is 1. The van der Waals surface area contributed by atoms with Gasteiger partial charge in [-0.2, -0.15) is 0 Å². The fourth-order valence-corrected chi connectivity index (χ4v) is 6.15. The Balaban J connectivity index is 1.48. The number of rotatable bonds is 17. The molecule has 0 radical (unpaired) electrons. The van der Waals surface area contributed by atoms with Crippen LogP contribution >= 0.6 is 0 Å². The number of hydrogen-bond acceptors (Lipinski definition) is 21. The fourth-order valence-electron chi connectivity index (χ4n) is 6.15. The van der Waals surface area contributed by atoms with Crippen molar-refractivity contribution in [3.05, 3.63) is 0 Å². The number of carbonyl (C=O) groups is 2. The van der Waals surface area contributed by atoms with Crippen LogP contribution in [0, 0.1) is 0 Å². The topological polar surface area (TPSA) is 352 Å². The van der Waals surface area contributed by atoms with Gasteiger partial charge in [-0.1, -0.05) is 0 Å². The van der Waals surface area contributed by atoms with Gasteiger partial charge in [0, 0.05) is 13.2 Å². The molecule has 0 aromatic rings. The second kappa shape index (κ2) is 20.4. The molecule has 12 N–H and O–H groups in total. The second-order valence-electron chi connectivity index (χ2n) is 13.0. The van der Waals surface area contributed by atoms with Gasteiger partial charge >= 0.3 is 5.97 Å². The van der Waals surface area contributed by atoms with Crippen LogP contribution in [0.2, 0.25) is 0 Å². The van der Waals surface area contributed by atoms with Crippen LogP contribution in [0.4, 0.5) is 0 Å². The van der Waals surface area contributed by atoms with E-state index in [-0.39, 0.29) is 32.8 Å². The molecule has 4 heterocycles. The van der Waals surface area contributed by atoms with Gasteiger partial charge in [0.25, 0.3) is 0 Å². The molecule has 23 heteroatoms. The van der Waals surface area contributed by atoms with E-state index in [1.165, 1.54) is 6.92 Å². The van der Waals surface area contributed by atoms with Crippen molar-refractivity contribution in [3.63, 3.8) is 0 Å². The van der Waals surface area contributed by atoms with Crippen molar-refractivity contribution in [1.29, 1.82) is 0 Å². The summed E-state index contributed by atoms with van der Waals surface area (Å²) in [6, 6.07) is 0. The predicted octanol–water partition coefficient (Wildman–Crippen LogP) is -7.77. The van der Waals surface area contributed by atoms with Crippen LogP contribution in [0.1, 0.15) is 13.3 Å². The van der Waals surface area contributed by atoms with E-state index in [1.807, 2.05) is 0 Å². The molecule has 4 saturated heterocycles. The van der Waals surface area contributed by atoms with Gasteiger partial charge < -0.3 is 104 Å². The molecule has 4 aliphatic rings. The minimum absolute atomic E-state index is 0.0199. The minimum Gasteiger partial charge on any atom is -0.480 e. The number of nitrogens with one attached hydrogen (secondary N) is 1. The van der Waals surface area contributed by atoms with E-state index >= 15 is 0 Å². The van der Waals surface area contributed by atoms with E-state index in [2.05, 4.69) is 5.32 Å². The van der Waals surface area contributed by atoms with Crippen LogP contribution in [0.15, 0.2) is 0 Å². The smallest absolute Gasteiger partial charge is 0.329 e. The third kappa shape index (κ3) is 11.2. The molecule has 308 valence electrons. The Kier molecular flexibility index (Phi) is 16.9. The first-order chi connectivity index (χ1) is 25.2. The fraction of sp³-hybridized carbons (Fsp3) is 0.933. The van der Waals surface area contributed by atoms with Crippen molar-refractivity contribution >= 4 is 11.9 Å². The maximum absolute atomic E-state index is 12.5. The summed E-state index contributed by atoms with van der Waals surface area (Å²) in [6.45, 7) is -1.60. The van der Waals surface area contributed by atoms with Gasteiger partial charge in [-0.15, -0.1) is 0 Å². The lowest BCUT2D eigenvalue weighted by Crippen LogP contribution is -2.66. The largest absolute Gasteiger partial charge is 0.480 e. The van der Waals surface area contributed by atoms with E-state index in [9.17, 15) is 60.7 Å². The zero-order chi connectivity index (χ0) is 39.0. The monoisotopic (exact) mass is 777 g/mol. The first-order valence-corrected chi connectivity index (χ1v) is 17.0. The van der Waals surface area contributed by atoms with Gasteiger partial charge in [0.15, 0.2) is 18.9 Å². The number of amides is 1. The molecule has 18 unspecified atom stereocenters. The van der Waals surface area contributed by atoms with Crippen LogP contribution in [0.5, 0.6) is 0 Å². The molecule has 4 rings (SSSR count). The minimum atomic E-state index is -1.90. The Morgan fingerprint density at radius 2 is 1.19 bits per heavy atom. The number of ether oxygens (including phenoxy) is 9. The zero-order valence-electron chi connectivity index (χ0n) is 28.7. The molecular weight excluding hydrogens is 726 g/mol. The maximum Gasteiger partial charge on any atom is 0.329 e. The van der Waals surface area contributed by atoms with E-state index in [0.717, 1.165) is 0 Å². The highest BCUT2D eigenvalue weighted by atomic mass is 16.8. The molecule has 0 bridgehead atoms. The second-order valence-corrected chi connectivity index (χ2v) is 13.0. The van der Waals surface area contributed by atoms with Crippen LogP contribution in [-0.2, 0) is 52.2 Å². The van der Waals surface area contributed by atoms with Gasteiger partial charge in [0.2, 0.25) is 5.91 Å². The SMILES string of the molecule is CC1OC(OC2C(CNC(=O)COCCOCC(=O)O)OCCC2OC2OC(CO)C(O)C(OC3OC(CO)C(O)C(O)C3O)C2O)C(O)C(O)C1O. The van der Waals surface area contributed by atoms with E-state index in [1.54, 1.807) is 0 Å². The van der Waals surface area contributed by atoms with Crippen LogP contribution in [0.3, 0.4) is 0 Å². The first-order valence-electron chi connectivity index (χ1n) is 17.0. The summed E-state index contributed by atoms with van der Waals surface area (Å²) in [5.41, 5.74) is 0. The summed E-state index contributed by atoms with van der Waals surface area (Å²) < 4.78 is 50.3. The summed E-state index contributed by atoms with van der Waals surface area (Å²) in [5, 5.41) is 115. The Labute approximate surface area is 302 Å². The van der Waals surface area contributed by atoms with Crippen molar-refractivity contribution in [2.75, 3.05) is 52.8 Å². The number of carboxylic acids is 1. The molecule has 0 spiro atoms. The number of carboxylic acid groups (broad SMARTS) is 1. The summed E-state index contributed by atoms with van der Waals surface area (Å²) in [4.78, 5) is 23.1. The first kappa shape index (κ1) is 43.9. The molecule has 1 amide bonds. The average molecular weight is 778 g/mol. The zero-order valence-corrected chi connectivity index (χ0v) is 28.7. The summed E-state index contributed by atoms with van der Waals surface area (Å²) >= 11 is 0. The van der Waals surface area contributed by atoms with Crippen LogP contribution in [0.25, 0.3) is 0 Å². The van der Waals surface area contributed by atoms with E-state index in [0.29, 0.717) is 0 Å². The van der Waals surface area contributed by atoms with E-state index in [4.69, 9.17) is 47.7 Å². The third-order valence-electron chi connectivity index (χ3n) is 9.17. The van der Waals surface area contributed by atoms with Gasteiger partial charge in [-0.3, -0.25) is 4.79 Å². The van der Waals surface area contributed by atoms with E-state index < -0.39 is 149 Å². The van der Waals surface area contributed by atoms with Gasteiger partial charge in [0.05, 0.1) is 38.6 Å². The summed E-state index contributed by atoms with van der Waals surface area (Å²) in [5.74, 6) is -1.79. The predicted molar refractivity (Wildman–Crippen MR) is 165 cm³/mol. The highest BCUT2D eigenvalue weighted by Crippen LogP contribution is 2.33. The molecule has 0 aromatic carbocycles. The van der Waals surface area contributed by atoms with Crippen LogP contribution in [-0.4, -0.2) is 231 Å². The molecule has 23 nitrogen and oxygen atoms in total.